The van der Waals surface area contributed by atoms with Gasteiger partial charge in [-0.1, -0.05) is 69.3 Å². The lowest BCUT2D eigenvalue weighted by Crippen LogP contribution is -2.51. The Morgan fingerprint density at radius 2 is 1.42 bits per heavy atom. The van der Waals surface area contributed by atoms with Crippen LogP contribution >= 0.6 is 0 Å². The Hall–Kier alpha value is -5.46. The Labute approximate surface area is 321 Å². The highest BCUT2D eigenvalue weighted by molar-refractivity contribution is 5.87. The quantitative estimate of drug-likeness (QED) is 0.150. The van der Waals surface area contributed by atoms with E-state index in [1.807, 2.05) is 38.1 Å². The smallest absolute Gasteiger partial charge is 0.407 e. The summed E-state index contributed by atoms with van der Waals surface area (Å²) in [6.45, 7) is 6.89. The van der Waals surface area contributed by atoms with Gasteiger partial charge in [0.05, 0.1) is 42.9 Å². The summed E-state index contributed by atoms with van der Waals surface area (Å²) in [5.41, 5.74) is 8.91. The number of hydrogen-bond donors (Lipinski definition) is 4. The molecule has 4 aromatic rings. The second kappa shape index (κ2) is 15.0. The Bertz CT molecular complexity index is 2060. The fourth-order valence-electron chi connectivity index (χ4n) is 9.39. The minimum Gasteiger partial charge on any atom is -0.453 e. The molecule has 13 nitrogen and oxygen atoms in total. The molecule has 4 heterocycles. The van der Waals surface area contributed by atoms with E-state index >= 15 is 0 Å². The average molecular weight is 747 g/mol. The van der Waals surface area contributed by atoms with E-state index in [2.05, 4.69) is 74.2 Å². The first-order valence-electron chi connectivity index (χ1n) is 19.7. The van der Waals surface area contributed by atoms with Crippen molar-refractivity contribution in [2.24, 2.45) is 29.6 Å². The highest BCUT2D eigenvalue weighted by Gasteiger charge is 2.53. The van der Waals surface area contributed by atoms with Crippen LogP contribution in [-0.4, -0.2) is 79.9 Å². The van der Waals surface area contributed by atoms with Crippen molar-refractivity contribution in [3.8, 4) is 33.6 Å². The molecular formula is C42H50N8O5. The second-order valence-corrected chi connectivity index (χ2v) is 16.1. The first-order chi connectivity index (χ1) is 26.6. The molecule has 288 valence electrons. The van der Waals surface area contributed by atoms with Crippen LogP contribution < -0.4 is 10.7 Å². The zero-order valence-corrected chi connectivity index (χ0v) is 31.9. The number of aromatic amines is 2. The zero-order chi connectivity index (χ0) is 38.4. The summed E-state index contributed by atoms with van der Waals surface area (Å²) in [7, 11) is 1.29. The summed E-state index contributed by atoms with van der Waals surface area (Å²) >= 11 is 0. The van der Waals surface area contributed by atoms with Crippen molar-refractivity contribution in [2.75, 3.05) is 20.2 Å². The van der Waals surface area contributed by atoms with Gasteiger partial charge in [-0.25, -0.2) is 14.8 Å². The Morgan fingerprint density at radius 1 is 0.818 bits per heavy atom. The molecular weight excluding hydrogens is 697 g/mol. The molecule has 2 saturated carbocycles. The number of imidazole rings is 2. The number of ether oxygens (including phenoxy) is 1. The molecule has 2 aliphatic carbocycles. The van der Waals surface area contributed by atoms with Crippen molar-refractivity contribution < 1.29 is 23.9 Å². The van der Waals surface area contributed by atoms with Crippen LogP contribution in [0, 0.1) is 29.6 Å². The summed E-state index contributed by atoms with van der Waals surface area (Å²) in [4.78, 5) is 69.9. The number of H-pyrrole nitrogens is 2. The maximum atomic E-state index is 13.6. The fraction of sp³-hybridized carbons (Fsp3) is 0.476. The summed E-state index contributed by atoms with van der Waals surface area (Å²) in [6, 6.07) is 15.8. The Balaban J connectivity index is 0.923. The number of carbonyl (C=O) groups is 4. The highest BCUT2D eigenvalue weighted by atomic mass is 16.5. The molecule has 2 aliphatic heterocycles. The van der Waals surface area contributed by atoms with Gasteiger partial charge in [-0.15, -0.1) is 0 Å². The van der Waals surface area contributed by atoms with Gasteiger partial charge in [0.25, 0.3) is 0 Å². The largest absolute Gasteiger partial charge is 0.453 e. The van der Waals surface area contributed by atoms with Crippen molar-refractivity contribution in [2.45, 2.75) is 77.3 Å². The molecule has 2 saturated heterocycles. The molecule has 0 radical (unpaired) electrons. The number of nitrogens with zero attached hydrogens (tertiary/aromatic N) is 4. The molecule has 2 aromatic heterocycles. The van der Waals surface area contributed by atoms with Crippen molar-refractivity contribution in [1.82, 2.24) is 40.6 Å². The van der Waals surface area contributed by atoms with E-state index in [1.165, 1.54) is 12.1 Å². The van der Waals surface area contributed by atoms with E-state index < -0.39 is 12.1 Å². The third-order valence-corrected chi connectivity index (χ3v) is 12.4. The van der Waals surface area contributed by atoms with Gasteiger partial charge in [-0.05, 0) is 78.5 Å². The van der Waals surface area contributed by atoms with Gasteiger partial charge in [-0.2, -0.15) is 0 Å². The summed E-state index contributed by atoms with van der Waals surface area (Å²) in [5.74, 6) is 1.78. The van der Waals surface area contributed by atoms with Gasteiger partial charge < -0.3 is 24.9 Å². The van der Waals surface area contributed by atoms with Crippen molar-refractivity contribution in [3.63, 3.8) is 0 Å². The predicted octanol–water partition coefficient (Wildman–Crippen LogP) is 6.21. The monoisotopic (exact) mass is 746 g/mol. The third kappa shape index (κ3) is 7.00. The number of alkyl carbamates (subject to hydrolysis) is 1. The number of benzene rings is 2. The van der Waals surface area contributed by atoms with E-state index in [0.29, 0.717) is 24.9 Å². The SMILES string of the molecule is COC(=O)N[C@H](C(=O)N1CCC[C@H]1c1ncc(-c2ccc(-c3ccc(-c4cnc([C@@H]5[C@H]6CC[C@H](C6)[C@H]5C(=O)NN5CC[C@@H](C)C5=O)[nH]4)cc3)cc2)[nH]1)C(C)C. The van der Waals surface area contributed by atoms with Crippen LogP contribution in [0.1, 0.15) is 82.9 Å². The number of methoxy groups -OCH3 is 1. The number of aromatic nitrogens is 4. The Kier molecular flexibility index (Phi) is 9.95. The van der Waals surface area contributed by atoms with E-state index in [1.54, 1.807) is 0 Å². The molecule has 55 heavy (non-hydrogen) atoms. The van der Waals surface area contributed by atoms with Gasteiger partial charge >= 0.3 is 6.09 Å². The maximum absolute atomic E-state index is 13.6. The van der Waals surface area contributed by atoms with Crippen molar-refractivity contribution in [1.29, 1.82) is 0 Å². The molecule has 13 heteroatoms. The van der Waals surface area contributed by atoms with Crippen molar-refractivity contribution >= 4 is 23.8 Å². The minimum absolute atomic E-state index is 0.00445. The summed E-state index contributed by atoms with van der Waals surface area (Å²) in [5, 5.41) is 4.21. The first-order valence-corrected chi connectivity index (χ1v) is 19.7. The second-order valence-electron chi connectivity index (χ2n) is 16.1. The van der Waals surface area contributed by atoms with Crippen LogP contribution in [0.4, 0.5) is 4.79 Å². The lowest BCUT2D eigenvalue weighted by Gasteiger charge is -2.30. The topological polar surface area (TPSA) is 165 Å². The van der Waals surface area contributed by atoms with Gasteiger partial charge in [0, 0.05) is 24.9 Å². The molecule has 4 amide bonds. The predicted molar refractivity (Wildman–Crippen MR) is 206 cm³/mol. The lowest BCUT2D eigenvalue weighted by molar-refractivity contribution is -0.142. The highest BCUT2D eigenvalue weighted by Crippen LogP contribution is 2.56. The number of fused-ring (bicyclic) bond motifs is 2. The van der Waals surface area contributed by atoms with Crippen LogP contribution in [0.15, 0.2) is 60.9 Å². The van der Waals surface area contributed by atoms with Gasteiger partial charge in [0.15, 0.2) is 0 Å². The standard InChI is InChI=1S/C42H50N8O5/c1-23(2)36(47-42(54)55-4)41(53)49-18-5-6-33(49)37-43-21-31(45-37)27-11-7-25(8-12-27)26-9-13-28(14-10-26)32-22-44-38(46-32)34-29-15-16-30(20-29)35(34)39(51)48-50-19-17-24(3)40(50)52/h7-14,21-24,29-30,33-36H,5-6,15-20H2,1-4H3,(H,43,45)(H,44,46)(H,47,54)(H,48,51)/t24-,29+,30-,33+,34-,35-,36+/m1/s1. The van der Waals surface area contributed by atoms with Crippen LogP contribution in [0.2, 0.25) is 0 Å². The molecule has 4 fully saturated rings. The molecule has 2 aromatic carbocycles. The van der Waals surface area contributed by atoms with Crippen LogP contribution in [0.3, 0.4) is 0 Å². The number of carbonyl (C=O) groups excluding carboxylic acids is 4. The number of hydrogen-bond acceptors (Lipinski definition) is 7. The van der Waals surface area contributed by atoms with E-state index in [0.717, 1.165) is 83.8 Å². The molecule has 0 spiro atoms. The normalized spacial score (nSPS) is 25.1. The third-order valence-electron chi connectivity index (χ3n) is 12.4. The van der Waals surface area contributed by atoms with Crippen molar-refractivity contribution in [3.05, 3.63) is 72.6 Å². The molecule has 0 unspecified atom stereocenters. The Morgan fingerprint density at radius 3 is 2.02 bits per heavy atom. The molecule has 7 atom stereocenters. The van der Waals surface area contributed by atoms with Crippen LogP contribution in [0.25, 0.3) is 33.6 Å². The fourth-order valence-corrected chi connectivity index (χ4v) is 9.39. The van der Waals surface area contributed by atoms with Gasteiger partial charge in [0.1, 0.15) is 17.7 Å². The number of amides is 4. The van der Waals surface area contributed by atoms with Gasteiger partial charge in [-0.3, -0.25) is 24.8 Å². The van der Waals surface area contributed by atoms with Crippen LogP contribution in [-0.2, 0) is 19.1 Å². The number of rotatable bonds is 10. The first kappa shape index (κ1) is 36.5. The molecule has 4 N–H and O–H groups in total. The minimum atomic E-state index is -0.681. The number of nitrogens with one attached hydrogen (secondary N) is 4. The summed E-state index contributed by atoms with van der Waals surface area (Å²) < 4.78 is 4.76. The average Bonchev–Trinajstić information content (AvgIpc) is 4.06. The van der Waals surface area contributed by atoms with E-state index in [-0.39, 0.29) is 47.4 Å². The summed E-state index contributed by atoms with van der Waals surface area (Å²) in [6.07, 6.45) is 8.63. The van der Waals surface area contributed by atoms with Gasteiger partial charge in [0.2, 0.25) is 17.7 Å². The lowest BCUT2D eigenvalue weighted by atomic mass is 9.78. The molecule has 4 aliphatic rings. The maximum Gasteiger partial charge on any atom is 0.407 e. The van der Waals surface area contributed by atoms with Crippen LogP contribution in [0.5, 0.6) is 0 Å². The van der Waals surface area contributed by atoms with E-state index in [4.69, 9.17) is 9.72 Å². The molecule has 2 bridgehead atoms. The number of hydrazine groups is 1. The molecule has 8 rings (SSSR count). The van der Waals surface area contributed by atoms with E-state index in [9.17, 15) is 19.2 Å². The number of likely N-dealkylation sites (tertiary alicyclic amines) is 1. The zero-order valence-electron chi connectivity index (χ0n) is 31.9.